The van der Waals surface area contributed by atoms with Crippen molar-refractivity contribution in [3.05, 3.63) is 23.9 Å². The first-order chi connectivity index (χ1) is 12.6. The summed E-state index contributed by atoms with van der Waals surface area (Å²) in [5, 5.41) is 3.61. The lowest BCUT2D eigenvalue weighted by molar-refractivity contribution is 0.0770. The monoisotopic (exact) mass is 391 g/mol. The zero-order valence-corrected chi connectivity index (χ0v) is 17.2. The molecule has 2 heterocycles. The van der Waals surface area contributed by atoms with Gasteiger partial charge in [-0.05, 0) is 48.1 Å². The number of carbonyl (C=O) groups is 1. The second kappa shape index (κ2) is 6.19. The molecule has 1 aliphatic heterocycles. The summed E-state index contributed by atoms with van der Waals surface area (Å²) in [5.41, 5.74) is 1.13. The van der Waals surface area contributed by atoms with Crippen LogP contribution in [0.4, 0.5) is 5.82 Å². The number of aromatic nitrogens is 1. The first-order valence-electron chi connectivity index (χ1n) is 9.85. The van der Waals surface area contributed by atoms with Crippen LogP contribution in [0.1, 0.15) is 50.4 Å². The number of sulfone groups is 1. The molecule has 0 radical (unpaired) electrons. The molecule has 0 spiro atoms. The van der Waals surface area contributed by atoms with Crippen molar-refractivity contribution in [2.45, 2.75) is 46.1 Å². The van der Waals surface area contributed by atoms with E-state index in [-0.39, 0.29) is 35.9 Å². The van der Waals surface area contributed by atoms with Crippen molar-refractivity contribution in [1.82, 2.24) is 9.88 Å². The van der Waals surface area contributed by atoms with Gasteiger partial charge in [-0.2, -0.15) is 0 Å². The molecule has 1 aromatic rings. The summed E-state index contributed by atoms with van der Waals surface area (Å²) >= 11 is 0. The number of carbonyl (C=O) groups excluding carboxylic acids is 1. The van der Waals surface area contributed by atoms with Crippen LogP contribution < -0.4 is 5.32 Å². The molecular formula is C20H29N3O3S. The number of amides is 1. The molecule has 27 heavy (non-hydrogen) atoms. The smallest absolute Gasteiger partial charge is 0.255 e. The quantitative estimate of drug-likeness (QED) is 0.857. The summed E-state index contributed by atoms with van der Waals surface area (Å²) in [6.45, 7) is 7.69. The first-order valence-corrected chi connectivity index (χ1v) is 11.7. The average Bonchev–Trinajstić information content (AvgIpc) is 2.95. The van der Waals surface area contributed by atoms with Crippen molar-refractivity contribution in [3.63, 3.8) is 0 Å². The van der Waals surface area contributed by atoms with E-state index in [2.05, 4.69) is 31.1 Å². The molecule has 6 nitrogen and oxygen atoms in total. The Labute approximate surface area is 161 Å². The summed E-state index contributed by atoms with van der Waals surface area (Å²) in [7, 11) is -2.99. The van der Waals surface area contributed by atoms with Crippen molar-refractivity contribution in [2.24, 2.45) is 16.7 Å². The van der Waals surface area contributed by atoms with Crippen molar-refractivity contribution in [2.75, 3.05) is 29.9 Å². The molecule has 1 amide bonds. The van der Waals surface area contributed by atoms with E-state index in [1.165, 1.54) is 19.3 Å². The zero-order valence-electron chi connectivity index (χ0n) is 16.4. The third-order valence-corrected chi connectivity index (χ3v) is 9.37. The Morgan fingerprint density at radius 3 is 2.44 bits per heavy atom. The van der Waals surface area contributed by atoms with Gasteiger partial charge in [0, 0.05) is 25.3 Å². The molecule has 7 heteroatoms. The molecule has 2 bridgehead atoms. The van der Waals surface area contributed by atoms with Crippen LogP contribution in [0.15, 0.2) is 18.3 Å². The van der Waals surface area contributed by atoms with Gasteiger partial charge in [-0.3, -0.25) is 4.79 Å². The van der Waals surface area contributed by atoms with E-state index in [0.717, 1.165) is 11.7 Å². The average molecular weight is 392 g/mol. The highest BCUT2D eigenvalue weighted by Crippen LogP contribution is 2.65. The fraction of sp³-hybridized carbons (Fsp3) is 0.700. The van der Waals surface area contributed by atoms with Gasteiger partial charge < -0.3 is 10.2 Å². The molecule has 2 aliphatic carbocycles. The number of nitrogens with one attached hydrogen (secondary N) is 1. The standard InChI is InChI=1S/C20H29N3O3S/c1-19(2)15-6-7-20(19,3)16(12-15)22-17-5-4-14(13-21-17)18(24)23-8-10-27(25,26)11-9-23/h4-5,13,15-16H,6-12H2,1-3H3,(H,21,22). The molecule has 1 N–H and O–H groups in total. The van der Waals surface area contributed by atoms with Gasteiger partial charge in [0.15, 0.2) is 9.84 Å². The van der Waals surface area contributed by atoms with Gasteiger partial charge in [-0.15, -0.1) is 0 Å². The van der Waals surface area contributed by atoms with Gasteiger partial charge in [0.05, 0.1) is 17.1 Å². The fourth-order valence-electron chi connectivity index (χ4n) is 5.30. The minimum absolute atomic E-state index is 0.0447. The Balaban J connectivity index is 1.42. The highest BCUT2D eigenvalue weighted by atomic mass is 32.2. The third-order valence-electron chi connectivity index (χ3n) is 7.76. The topological polar surface area (TPSA) is 79.4 Å². The normalized spacial score (nSPS) is 33.8. The second-order valence-electron chi connectivity index (χ2n) is 9.18. The lowest BCUT2D eigenvalue weighted by atomic mass is 9.69. The molecule has 4 rings (SSSR count). The number of anilines is 1. The molecule has 3 aliphatic rings. The number of hydrogen-bond acceptors (Lipinski definition) is 5. The predicted octanol–water partition coefficient (Wildman–Crippen LogP) is 2.58. The lowest BCUT2D eigenvalue weighted by Gasteiger charge is -2.39. The molecule has 1 saturated heterocycles. The molecule has 2 saturated carbocycles. The van der Waals surface area contributed by atoms with E-state index >= 15 is 0 Å². The maximum absolute atomic E-state index is 12.6. The molecule has 1 aromatic heterocycles. The summed E-state index contributed by atoms with van der Waals surface area (Å²) in [5.74, 6) is 1.52. The summed E-state index contributed by atoms with van der Waals surface area (Å²) in [6.07, 6.45) is 5.34. The van der Waals surface area contributed by atoms with Crippen LogP contribution in [0.25, 0.3) is 0 Å². The van der Waals surface area contributed by atoms with Crippen LogP contribution in [0, 0.1) is 16.7 Å². The van der Waals surface area contributed by atoms with Crippen LogP contribution in [-0.4, -0.2) is 54.8 Å². The van der Waals surface area contributed by atoms with Gasteiger partial charge in [-0.25, -0.2) is 13.4 Å². The summed E-state index contributed by atoms with van der Waals surface area (Å²) in [4.78, 5) is 18.7. The maximum atomic E-state index is 12.6. The minimum atomic E-state index is -2.99. The molecular weight excluding hydrogens is 362 g/mol. The number of fused-ring (bicyclic) bond motifs is 2. The molecule has 3 atom stereocenters. The van der Waals surface area contributed by atoms with Gasteiger partial charge >= 0.3 is 0 Å². The van der Waals surface area contributed by atoms with Gasteiger partial charge in [0.2, 0.25) is 0 Å². The largest absolute Gasteiger partial charge is 0.367 e. The Morgan fingerprint density at radius 1 is 1.22 bits per heavy atom. The molecule has 148 valence electrons. The van der Waals surface area contributed by atoms with E-state index in [1.807, 2.05) is 6.07 Å². The number of nitrogens with zero attached hydrogens (tertiary/aromatic N) is 2. The fourth-order valence-corrected chi connectivity index (χ4v) is 6.51. The van der Waals surface area contributed by atoms with Crippen LogP contribution in [0.2, 0.25) is 0 Å². The summed E-state index contributed by atoms with van der Waals surface area (Å²) < 4.78 is 23.1. The number of pyridine rings is 1. The van der Waals surface area contributed by atoms with Crippen LogP contribution >= 0.6 is 0 Å². The lowest BCUT2D eigenvalue weighted by Crippen LogP contribution is -2.43. The summed E-state index contributed by atoms with van der Waals surface area (Å²) in [6, 6.07) is 4.07. The van der Waals surface area contributed by atoms with E-state index in [0.29, 0.717) is 17.0 Å². The highest BCUT2D eigenvalue weighted by Gasteiger charge is 2.61. The van der Waals surface area contributed by atoms with Crippen LogP contribution in [-0.2, 0) is 9.84 Å². The van der Waals surface area contributed by atoms with Crippen molar-refractivity contribution in [1.29, 1.82) is 0 Å². The van der Waals surface area contributed by atoms with Crippen LogP contribution in [0.5, 0.6) is 0 Å². The number of rotatable bonds is 3. The van der Waals surface area contributed by atoms with Crippen molar-refractivity contribution >= 4 is 21.6 Å². The molecule has 0 aromatic carbocycles. The maximum Gasteiger partial charge on any atom is 0.255 e. The first kappa shape index (κ1) is 18.7. The van der Waals surface area contributed by atoms with Crippen molar-refractivity contribution < 1.29 is 13.2 Å². The zero-order chi connectivity index (χ0) is 19.4. The minimum Gasteiger partial charge on any atom is -0.367 e. The van der Waals surface area contributed by atoms with E-state index < -0.39 is 9.84 Å². The Hall–Kier alpha value is -1.63. The Kier molecular flexibility index (Phi) is 4.29. The van der Waals surface area contributed by atoms with Gasteiger partial charge in [0.25, 0.3) is 5.91 Å². The van der Waals surface area contributed by atoms with Gasteiger partial charge in [-0.1, -0.05) is 20.8 Å². The van der Waals surface area contributed by atoms with E-state index in [4.69, 9.17) is 0 Å². The molecule has 3 unspecified atom stereocenters. The van der Waals surface area contributed by atoms with E-state index in [9.17, 15) is 13.2 Å². The van der Waals surface area contributed by atoms with Crippen molar-refractivity contribution in [3.8, 4) is 0 Å². The Morgan fingerprint density at radius 2 is 1.93 bits per heavy atom. The number of hydrogen-bond donors (Lipinski definition) is 1. The Bertz CT molecular complexity index is 836. The SMILES string of the molecule is CC1(C)C2CCC1(C)C(Nc1ccc(C(=O)N3CCS(=O)(=O)CC3)cn1)C2. The second-order valence-corrected chi connectivity index (χ2v) is 11.5. The van der Waals surface area contributed by atoms with E-state index in [1.54, 1.807) is 17.2 Å². The van der Waals surface area contributed by atoms with Crippen LogP contribution in [0.3, 0.4) is 0 Å². The predicted molar refractivity (Wildman–Crippen MR) is 105 cm³/mol. The van der Waals surface area contributed by atoms with Gasteiger partial charge in [0.1, 0.15) is 5.82 Å². The highest BCUT2D eigenvalue weighted by molar-refractivity contribution is 7.91. The third kappa shape index (κ3) is 3.04. The molecule has 3 fully saturated rings.